The maximum atomic E-state index is 12.8. The van der Waals surface area contributed by atoms with Crippen molar-refractivity contribution in [3.8, 4) is 0 Å². The van der Waals surface area contributed by atoms with Crippen LogP contribution in [0, 0.1) is 6.92 Å². The number of hydrogen-bond donors (Lipinski definition) is 1. The van der Waals surface area contributed by atoms with Crippen LogP contribution in [0.4, 0.5) is 18.9 Å². The van der Waals surface area contributed by atoms with Gasteiger partial charge < -0.3 is 14.5 Å². The third-order valence-electron chi connectivity index (χ3n) is 3.05. The van der Waals surface area contributed by atoms with Gasteiger partial charge in [0.1, 0.15) is 11.5 Å². The van der Waals surface area contributed by atoms with Crippen LogP contribution >= 0.6 is 11.6 Å². The molecule has 26 heavy (non-hydrogen) atoms. The lowest BCUT2D eigenvalue weighted by molar-refractivity contribution is -0.142. The summed E-state index contributed by atoms with van der Waals surface area (Å²) in [5.41, 5.74) is -1.20. The molecule has 0 fully saturated rings. The van der Waals surface area contributed by atoms with Crippen LogP contribution in [-0.2, 0) is 20.5 Å². The molecule has 1 heterocycles. The number of carbonyl (C=O) groups is 2. The number of aryl methyl sites for hydroxylation is 1. The molecular formula is C17H13ClF3NO4. The van der Waals surface area contributed by atoms with Crippen LogP contribution < -0.4 is 5.32 Å². The highest BCUT2D eigenvalue weighted by Crippen LogP contribution is 2.36. The Hall–Kier alpha value is -2.74. The molecule has 0 bridgehead atoms. The van der Waals surface area contributed by atoms with Crippen LogP contribution in [-0.4, -0.2) is 18.5 Å². The molecule has 2 rings (SSSR count). The highest BCUT2D eigenvalue weighted by atomic mass is 35.5. The van der Waals surface area contributed by atoms with E-state index in [2.05, 4.69) is 5.32 Å². The van der Waals surface area contributed by atoms with Gasteiger partial charge in [-0.1, -0.05) is 11.6 Å². The summed E-state index contributed by atoms with van der Waals surface area (Å²) in [7, 11) is 0. The molecule has 0 aliphatic carbocycles. The first-order valence-electron chi connectivity index (χ1n) is 7.23. The zero-order chi connectivity index (χ0) is 19.3. The average molecular weight is 388 g/mol. The highest BCUT2D eigenvalue weighted by molar-refractivity contribution is 6.31. The molecule has 9 heteroatoms. The number of alkyl halides is 3. The minimum atomic E-state index is -4.65. The molecule has 0 unspecified atom stereocenters. The topological polar surface area (TPSA) is 68.5 Å². The zero-order valence-corrected chi connectivity index (χ0v) is 14.1. The third kappa shape index (κ3) is 5.66. The minimum absolute atomic E-state index is 0.121. The van der Waals surface area contributed by atoms with Gasteiger partial charge in [0, 0.05) is 11.8 Å². The normalized spacial score (nSPS) is 11.6. The molecule has 0 saturated carbocycles. The molecule has 5 nitrogen and oxygen atoms in total. The van der Waals surface area contributed by atoms with Gasteiger partial charge in [-0.15, -0.1) is 0 Å². The van der Waals surface area contributed by atoms with Crippen LogP contribution in [0.25, 0.3) is 6.08 Å². The van der Waals surface area contributed by atoms with Gasteiger partial charge in [-0.25, -0.2) is 4.79 Å². The fourth-order valence-electron chi connectivity index (χ4n) is 1.90. The molecule has 2 aromatic rings. The van der Waals surface area contributed by atoms with E-state index in [1.807, 2.05) is 0 Å². The molecule has 0 atom stereocenters. The summed E-state index contributed by atoms with van der Waals surface area (Å²) in [5, 5.41) is 1.71. The van der Waals surface area contributed by atoms with Crippen molar-refractivity contribution in [1.82, 2.24) is 0 Å². The Balaban J connectivity index is 1.89. The smallest absolute Gasteiger partial charge is 0.417 e. The standard InChI is InChI=1S/C17H13ClF3NO4/c1-10-2-4-12(26-10)5-7-16(24)25-9-15(23)22-11-3-6-14(18)13(8-11)17(19,20)21/h2-8H,9H2,1H3,(H,22,23). The molecule has 0 spiro atoms. The van der Waals surface area contributed by atoms with Crippen LogP contribution in [0.1, 0.15) is 17.1 Å². The number of rotatable bonds is 5. The Morgan fingerprint density at radius 3 is 2.62 bits per heavy atom. The number of esters is 1. The van der Waals surface area contributed by atoms with Crippen molar-refractivity contribution in [2.75, 3.05) is 11.9 Å². The third-order valence-corrected chi connectivity index (χ3v) is 3.38. The van der Waals surface area contributed by atoms with Crippen molar-refractivity contribution in [1.29, 1.82) is 0 Å². The van der Waals surface area contributed by atoms with Crippen LogP contribution in [0.3, 0.4) is 0 Å². The second-order valence-electron chi connectivity index (χ2n) is 5.13. The largest absolute Gasteiger partial charge is 0.462 e. The predicted molar refractivity (Wildman–Crippen MR) is 88.5 cm³/mol. The SMILES string of the molecule is Cc1ccc(C=CC(=O)OCC(=O)Nc2ccc(Cl)c(C(F)(F)F)c2)o1. The van der Waals surface area contributed by atoms with Gasteiger partial charge in [-0.2, -0.15) is 13.2 Å². The van der Waals surface area contributed by atoms with Gasteiger partial charge in [0.2, 0.25) is 0 Å². The molecule has 0 aliphatic heterocycles. The first kappa shape index (κ1) is 19.6. The summed E-state index contributed by atoms with van der Waals surface area (Å²) in [6.07, 6.45) is -2.23. The van der Waals surface area contributed by atoms with Gasteiger partial charge in [0.25, 0.3) is 5.91 Å². The lowest BCUT2D eigenvalue weighted by Gasteiger charge is -2.11. The van der Waals surface area contributed by atoms with Crippen molar-refractivity contribution in [3.63, 3.8) is 0 Å². The van der Waals surface area contributed by atoms with E-state index in [9.17, 15) is 22.8 Å². The molecular weight excluding hydrogens is 375 g/mol. The highest BCUT2D eigenvalue weighted by Gasteiger charge is 2.33. The van der Waals surface area contributed by atoms with E-state index in [-0.39, 0.29) is 5.69 Å². The Kier molecular flexibility index (Phi) is 6.10. The number of hydrogen-bond acceptors (Lipinski definition) is 4. The van der Waals surface area contributed by atoms with E-state index in [0.717, 1.165) is 12.1 Å². The maximum absolute atomic E-state index is 12.8. The summed E-state index contributed by atoms with van der Waals surface area (Å²) >= 11 is 5.49. The Morgan fingerprint density at radius 2 is 2.00 bits per heavy atom. The van der Waals surface area contributed by atoms with E-state index in [0.29, 0.717) is 17.6 Å². The predicted octanol–water partition coefficient (Wildman–Crippen LogP) is 4.46. The second kappa shape index (κ2) is 8.09. The summed E-state index contributed by atoms with van der Waals surface area (Å²) in [6.45, 7) is 1.07. The molecule has 1 aromatic carbocycles. The van der Waals surface area contributed by atoms with Crippen molar-refractivity contribution in [3.05, 3.63) is 58.5 Å². The molecule has 1 aromatic heterocycles. The van der Waals surface area contributed by atoms with E-state index in [1.165, 1.54) is 12.1 Å². The van der Waals surface area contributed by atoms with Crippen molar-refractivity contribution in [2.45, 2.75) is 13.1 Å². The molecule has 138 valence electrons. The molecule has 0 saturated heterocycles. The van der Waals surface area contributed by atoms with Gasteiger partial charge in [-0.3, -0.25) is 4.79 Å². The fourth-order valence-corrected chi connectivity index (χ4v) is 2.12. The van der Waals surface area contributed by atoms with Crippen molar-refractivity contribution >= 4 is 35.2 Å². The van der Waals surface area contributed by atoms with Crippen LogP contribution in [0.2, 0.25) is 5.02 Å². The van der Waals surface area contributed by atoms with E-state index >= 15 is 0 Å². The Labute approximate surface area is 151 Å². The number of nitrogens with one attached hydrogen (secondary N) is 1. The van der Waals surface area contributed by atoms with Crippen molar-refractivity contribution < 1.29 is 31.9 Å². The van der Waals surface area contributed by atoms with Crippen LogP contribution in [0.5, 0.6) is 0 Å². The lowest BCUT2D eigenvalue weighted by atomic mass is 10.2. The number of halogens is 4. The lowest BCUT2D eigenvalue weighted by Crippen LogP contribution is -2.20. The van der Waals surface area contributed by atoms with Gasteiger partial charge in [-0.05, 0) is 43.3 Å². The number of benzene rings is 1. The zero-order valence-electron chi connectivity index (χ0n) is 13.4. The minimum Gasteiger partial charge on any atom is -0.462 e. The van der Waals surface area contributed by atoms with Gasteiger partial charge in [0.15, 0.2) is 6.61 Å². The Bertz CT molecular complexity index is 843. The van der Waals surface area contributed by atoms with Gasteiger partial charge >= 0.3 is 12.1 Å². The summed E-state index contributed by atoms with van der Waals surface area (Å²) in [6, 6.07) is 6.27. The summed E-state index contributed by atoms with van der Waals surface area (Å²) in [4.78, 5) is 23.2. The summed E-state index contributed by atoms with van der Waals surface area (Å²) in [5.74, 6) is -0.499. The summed E-state index contributed by atoms with van der Waals surface area (Å²) < 4.78 is 48.2. The number of anilines is 1. The van der Waals surface area contributed by atoms with Crippen LogP contribution in [0.15, 0.2) is 40.8 Å². The van der Waals surface area contributed by atoms with Crippen molar-refractivity contribution in [2.24, 2.45) is 0 Å². The molecule has 1 amide bonds. The number of amides is 1. The van der Waals surface area contributed by atoms with E-state index < -0.39 is 35.2 Å². The fraction of sp³-hybridized carbons (Fsp3) is 0.176. The monoisotopic (exact) mass is 387 g/mol. The number of furan rings is 1. The average Bonchev–Trinajstić information content (AvgIpc) is 2.97. The Morgan fingerprint density at radius 1 is 1.27 bits per heavy atom. The maximum Gasteiger partial charge on any atom is 0.417 e. The number of ether oxygens (including phenoxy) is 1. The first-order chi connectivity index (χ1) is 12.1. The van der Waals surface area contributed by atoms with E-state index in [4.69, 9.17) is 20.8 Å². The van der Waals surface area contributed by atoms with E-state index in [1.54, 1.807) is 19.1 Å². The first-order valence-corrected chi connectivity index (χ1v) is 7.61. The van der Waals surface area contributed by atoms with Gasteiger partial charge in [0.05, 0.1) is 10.6 Å². The quantitative estimate of drug-likeness (QED) is 0.607. The molecule has 0 aliphatic rings. The number of carbonyl (C=O) groups excluding carboxylic acids is 2. The molecule has 0 radical (unpaired) electrons. The molecule has 1 N–H and O–H groups in total. The second-order valence-corrected chi connectivity index (χ2v) is 5.54.